The number of ether oxygens (including phenoxy) is 1. The molecule has 3 nitrogen and oxygen atoms in total. The van der Waals surface area contributed by atoms with Crippen molar-refractivity contribution in [3.05, 3.63) is 64.8 Å². The molecule has 1 heterocycles. The van der Waals surface area contributed by atoms with Gasteiger partial charge in [-0.2, -0.15) is 0 Å². The maximum atomic E-state index is 13.0. The number of nitrogens with zero attached hydrogens (tertiary/aromatic N) is 1. The first kappa shape index (κ1) is 16.7. The van der Waals surface area contributed by atoms with Gasteiger partial charge in [-0.05, 0) is 42.8 Å². The second-order valence-electron chi connectivity index (χ2n) is 4.97. The molecule has 6 heteroatoms. The second kappa shape index (κ2) is 7.15. The molecule has 1 saturated heterocycles. The number of carbonyl (C=O) groups excluding carboxylic acids is 1. The summed E-state index contributed by atoms with van der Waals surface area (Å²) < 4.78 is 19.0. The molecule has 0 radical (unpaired) electrons. The fourth-order valence-corrected chi connectivity index (χ4v) is 3.59. The van der Waals surface area contributed by atoms with E-state index in [9.17, 15) is 9.18 Å². The van der Waals surface area contributed by atoms with Crippen molar-refractivity contribution in [3.8, 4) is 5.75 Å². The normalized spacial score (nSPS) is 16.1. The lowest BCUT2D eigenvalue weighted by Crippen LogP contribution is -2.28. The lowest BCUT2D eigenvalue weighted by Gasteiger charge is -2.18. The number of para-hydroxylation sites is 2. The van der Waals surface area contributed by atoms with E-state index in [1.54, 1.807) is 30.3 Å². The molecule has 0 aromatic heterocycles. The van der Waals surface area contributed by atoms with E-state index in [1.165, 1.54) is 28.8 Å². The van der Waals surface area contributed by atoms with E-state index in [-0.39, 0.29) is 11.7 Å². The van der Waals surface area contributed by atoms with Crippen molar-refractivity contribution in [2.75, 3.05) is 11.5 Å². The van der Waals surface area contributed by atoms with Crippen LogP contribution < -0.4 is 9.64 Å². The highest BCUT2D eigenvalue weighted by molar-refractivity contribution is 8.27. The molecule has 0 atom stereocenters. The molecule has 1 amide bonds. The first-order valence-electron chi connectivity index (χ1n) is 7.35. The minimum Gasteiger partial charge on any atom is -0.492 e. The number of hydrogen-bond acceptors (Lipinski definition) is 4. The van der Waals surface area contributed by atoms with Gasteiger partial charge in [0.05, 0.1) is 17.2 Å². The Morgan fingerprint density at radius 3 is 2.62 bits per heavy atom. The number of hydrogen-bond donors (Lipinski definition) is 0. The van der Waals surface area contributed by atoms with Gasteiger partial charge in [0.25, 0.3) is 5.91 Å². The zero-order valence-corrected chi connectivity index (χ0v) is 14.5. The molecule has 1 fully saturated rings. The van der Waals surface area contributed by atoms with Crippen LogP contribution in [0.4, 0.5) is 10.1 Å². The molecular formula is C18H14FNO2S2. The molecule has 0 spiro atoms. The molecule has 2 aromatic carbocycles. The Kier molecular flexibility index (Phi) is 4.97. The molecule has 0 bridgehead atoms. The van der Waals surface area contributed by atoms with Crippen molar-refractivity contribution in [3.63, 3.8) is 0 Å². The van der Waals surface area contributed by atoms with Gasteiger partial charge in [-0.15, -0.1) is 0 Å². The summed E-state index contributed by atoms with van der Waals surface area (Å²) in [6.07, 6.45) is 1.71. The van der Waals surface area contributed by atoms with Crippen LogP contribution in [0.25, 0.3) is 6.08 Å². The topological polar surface area (TPSA) is 29.5 Å². The van der Waals surface area contributed by atoms with Crippen LogP contribution in [0.5, 0.6) is 5.75 Å². The summed E-state index contributed by atoms with van der Waals surface area (Å²) in [5.74, 6) is 0.0890. The maximum absolute atomic E-state index is 13.0. The van der Waals surface area contributed by atoms with E-state index in [1.807, 2.05) is 19.1 Å². The van der Waals surface area contributed by atoms with Gasteiger partial charge in [-0.25, -0.2) is 4.39 Å². The lowest BCUT2D eigenvalue weighted by molar-refractivity contribution is -0.113. The number of rotatable bonds is 4. The van der Waals surface area contributed by atoms with E-state index in [4.69, 9.17) is 17.0 Å². The van der Waals surface area contributed by atoms with Gasteiger partial charge in [0.15, 0.2) is 4.32 Å². The largest absolute Gasteiger partial charge is 0.492 e. The lowest BCUT2D eigenvalue weighted by atomic mass is 10.2. The summed E-state index contributed by atoms with van der Waals surface area (Å²) in [4.78, 5) is 14.7. The summed E-state index contributed by atoms with van der Waals surface area (Å²) in [6.45, 7) is 2.38. The molecule has 0 saturated carbocycles. The Morgan fingerprint density at radius 2 is 1.92 bits per heavy atom. The summed E-state index contributed by atoms with van der Waals surface area (Å²) in [5.41, 5.74) is 1.37. The quantitative estimate of drug-likeness (QED) is 0.588. The Balaban J connectivity index is 1.94. The fourth-order valence-electron chi connectivity index (χ4n) is 2.31. The highest BCUT2D eigenvalue weighted by atomic mass is 32.2. The van der Waals surface area contributed by atoms with Crippen molar-refractivity contribution in [2.24, 2.45) is 0 Å². The van der Waals surface area contributed by atoms with Gasteiger partial charge >= 0.3 is 0 Å². The van der Waals surface area contributed by atoms with Gasteiger partial charge in [-0.3, -0.25) is 9.69 Å². The molecule has 24 heavy (non-hydrogen) atoms. The average Bonchev–Trinajstić information content (AvgIpc) is 2.85. The van der Waals surface area contributed by atoms with Gasteiger partial charge in [0.1, 0.15) is 11.6 Å². The molecule has 1 aliphatic heterocycles. The molecular weight excluding hydrogens is 345 g/mol. The predicted molar refractivity (Wildman–Crippen MR) is 99.7 cm³/mol. The number of amides is 1. The van der Waals surface area contributed by atoms with Crippen LogP contribution in [-0.4, -0.2) is 16.8 Å². The number of thioether (sulfide) groups is 1. The summed E-state index contributed by atoms with van der Waals surface area (Å²) in [5, 5.41) is 0. The van der Waals surface area contributed by atoms with Crippen molar-refractivity contribution in [2.45, 2.75) is 6.92 Å². The number of carbonyl (C=O) groups is 1. The zero-order chi connectivity index (χ0) is 17.1. The van der Waals surface area contributed by atoms with Crippen molar-refractivity contribution < 1.29 is 13.9 Å². The average molecular weight is 359 g/mol. The summed E-state index contributed by atoms with van der Waals surface area (Å²) in [7, 11) is 0. The van der Waals surface area contributed by atoms with Crippen molar-refractivity contribution in [1.29, 1.82) is 0 Å². The monoisotopic (exact) mass is 359 g/mol. The smallest absolute Gasteiger partial charge is 0.270 e. The summed E-state index contributed by atoms with van der Waals surface area (Å²) in [6, 6.07) is 13.2. The van der Waals surface area contributed by atoms with Crippen molar-refractivity contribution >= 4 is 46.0 Å². The third-order valence-corrected chi connectivity index (χ3v) is 4.67. The molecule has 122 valence electrons. The minimum atomic E-state index is -0.314. The van der Waals surface area contributed by atoms with Gasteiger partial charge in [-0.1, -0.05) is 48.2 Å². The highest BCUT2D eigenvalue weighted by Crippen LogP contribution is 2.39. The van der Waals surface area contributed by atoms with E-state index in [0.29, 0.717) is 27.3 Å². The molecule has 0 N–H and O–H groups in total. The van der Waals surface area contributed by atoms with E-state index >= 15 is 0 Å². The van der Waals surface area contributed by atoms with Crippen LogP contribution in [0.15, 0.2) is 53.4 Å². The van der Waals surface area contributed by atoms with Crippen LogP contribution in [0.1, 0.15) is 12.5 Å². The van der Waals surface area contributed by atoms with Crippen molar-refractivity contribution in [1.82, 2.24) is 0 Å². The second-order valence-corrected chi connectivity index (χ2v) is 6.65. The highest BCUT2D eigenvalue weighted by Gasteiger charge is 2.34. The Hall–Kier alpha value is -2.18. The molecule has 2 aromatic rings. The Morgan fingerprint density at radius 1 is 1.21 bits per heavy atom. The van der Waals surface area contributed by atoms with Gasteiger partial charge < -0.3 is 4.74 Å². The first-order chi connectivity index (χ1) is 11.6. The van der Waals surface area contributed by atoms with E-state index in [2.05, 4.69) is 0 Å². The van der Waals surface area contributed by atoms with Gasteiger partial charge in [0.2, 0.25) is 0 Å². The number of halogens is 1. The van der Waals surface area contributed by atoms with Crippen LogP contribution in [-0.2, 0) is 4.79 Å². The third kappa shape index (κ3) is 3.34. The molecule has 0 aliphatic carbocycles. The van der Waals surface area contributed by atoms with Crippen LogP contribution in [0.3, 0.4) is 0 Å². The van der Waals surface area contributed by atoms with E-state index < -0.39 is 0 Å². The zero-order valence-electron chi connectivity index (χ0n) is 12.9. The van der Waals surface area contributed by atoms with E-state index in [0.717, 1.165) is 5.56 Å². The maximum Gasteiger partial charge on any atom is 0.270 e. The standard InChI is InChI=1S/C18H14FNO2S2/c1-2-22-15-6-4-3-5-14(15)20-17(21)16(24-18(20)23)11-12-7-9-13(19)10-8-12/h3-11H,2H2,1H3/b16-11-. The Bertz CT molecular complexity index is 818. The molecule has 1 aliphatic rings. The molecule has 0 unspecified atom stereocenters. The minimum absolute atomic E-state index is 0.207. The SMILES string of the molecule is CCOc1ccccc1N1C(=O)/C(=C/c2ccc(F)cc2)SC1=S. The number of benzene rings is 2. The van der Waals surface area contributed by atoms with Crippen LogP contribution >= 0.6 is 24.0 Å². The summed E-state index contributed by atoms with van der Waals surface area (Å²) >= 11 is 6.59. The third-order valence-electron chi connectivity index (χ3n) is 3.37. The van der Waals surface area contributed by atoms with Gasteiger partial charge in [0, 0.05) is 0 Å². The number of thiocarbonyl (C=S) groups is 1. The Labute approximate surface area is 149 Å². The number of anilines is 1. The van der Waals surface area contributed by atoms with Crippen LogP contribution in [0.2, 0.25) is 0 Å². The van der Waals surface area contributed by atoms with Crippen LogP contribution in [0, 0.1) is 5.82 Å². The fraction of sp³-hybridized carbons (Fsp3) is 0.111. The predicted octanol–water partition coefficient (Wildman–Crippen LogP) is 4.63. The first-order valence-corrected chi connectivity index (χ1v) is 8.58. The molecule has 3 rings (SSSR count).